The zero-order valence-electron chi connectivity index (χ0n) is 31.8. The molecular weight excluding hydrogens is 701 g/mol. The second-order valence-corrected chi connectivity index (χ2v) is 15.0. The van der Waals surface area contributed by atoms with Crippen LogP contribution in [0.1, 0.15) is 0 Å². The van der Waals surface area contributed by atoms with Gasteiger partial charge < -0.3 is 9.47 Å². The number of rotatable bonds is 7. The summed E-state index contributed by atoms with van der Waals surface area (Å²) in [7, 11) is 0. The van der Waals surface area contributed by atoms with Gasteiger partial charge in [0, 0.05) is 33.5 Å². The van der Waals surface area contributed by atoms with E-state index in [0.717, 1.165) is 22.7 Å². The molecule has 0 saturated heterocycles. The molecule has 0 N–H and O–H groups in total. The molecule has 0 aliphatic carbocycles. The zero-order chi connectivity index (χ0) is 38.4. The lowest BCUT2D eigenvalue weighted by atomic mass is 9.98. The molecule has 1 heterocycles. The topological polar surface area (TPSA) is 8.17 Å². The predicted octanol–water partition coefficient (Wildman–Crippen LogP) is 15.6. The first-order valence-corrected chi connectivity index (χ1v) is 19.9. The Bertz CT molecular complexity index is 3190. The highest BCUT2D eigenvalue weighted by atomic mass is 15.1. The molecule has 58 heavy (non-hydrogen) atoms. The van der Waals surface area contributed by atoms with E-state index in [9.17, 15) is 0 Å². The molecule has 11 aromatic rings. The molecule has 0 aliphatic rings. The number of aromatic nitrogens is 1. The highest BCUT2D eigenvalue weighted by Crippen LogP contribution is 2.39. The maximum Gasteiger partial charge on any atom is 0.0541 e. The van der Waals surface area contributed by atoms with Crippen molar-refractivity contribution in [3.05, 3.63) is 231 Å². The van der Waals surface area contributed by atoms with E-state index in [2.05, 4.69) is 240 Å². The third-order valence-corrected chi connectivity index (χ3v) is 11.6. The minimum atomic E-state index is 1.10. The van der Waals surface area contributed by atoms with Gasteiger partial charge in [0.15, 0.2) is 0 Å². The molecule has 0 atom stereocenters. The first kappa shape index (κ1) is 33.6. The molecule has 0 spiro atoms. The van der Waals surface area contributed by atoms with Crippen molar-refractivity contribution in [2.45, 2.75) is 0 Å². The lowest BCUT2D eigenvalue weighted by molar-refractivity contribution is 1.18. The van der Waals surface area contributed by atoms with Crippen LogP contribution in [0.5, 0.6) is 0 Å². The van der Waals surface area contributed by atoms with E-state index in [0.29, 0.717) is 0 Å². The van der Waals surface area contributed by atoms with Crippen LogP contribution in [-0.2, 0) is 0 Å². The van der Waals surface area contributed by atoms with Gasteiger partial charge in [-0.05, 0) is 122 Å². The molecule has 2 nitrogen and oxygen atoms in total. The monoisotopic (exact) mass is 738 g/mol. The largest absolute Gasteiger partial charge is 0.311 e. The van der Waals surface area contributed by atoms with E-state index < -0.39 is 0 Å². The molecule has 1 aromatic heterocycles. The third kappa shape index (κ3) is 5.91. The van der Waals surface area contributed by atoms with Crippen molar-refractivity contribution in [2.75, 3.05) is 4.90 Å². The van der Waals surface area contributed by atoms with Crippen LogP contribution in [0.4, 0.5) is 17.1 Å². The molecule has 0 bridgehead atoms. The summed E-state index contributed by atoms with van der Waals surface area (Å²) in [5.74, 6) is 0. The summed E-state index contributed by atoms with van der Waals surface area (Å²) < 4.78 is 2.37. The molecule has 0 fully saturated rings. The molecular formula is C56H38N2. The fourth-order valence-corrected chi connectivity index (χ4v) is 8.69. The Labute approximate surface area is 338 Å². The summed E-state index contributed by atoms with van der Waals surface area (Å²) in [6.07, 6.45) is 0. The summed E-state index contributed by atoms with van der Waals surface area (Å²) in [5.41, 5.74) is 14.1. The van der Waals surface area contributed by atoms with Gasteiger partial charge in [0.2, 0.25) is 0 Å². The lowest BCUT2D eigenvalue weighted by Gasteiger charge is -2.26. The van der Waals surface area contributed by atoms with Gasteiger partial charge in [0.1, 0.15) is 0 Å². The molecule has 0 unspecified atom stereocenters. The molecule has 11 rings (SSSR count). The number of fused-ring (bicyclic) bond motifs is 5. The Balaban J connectivity index is 0.946. The Morgan fingerprint density at radius 3 is 1.31 bits per heavy atom. The van der Waals surface area contributed by atoms with Gasteiger partial charge >= 0.3 is 0 Å². The minimum Gasteiger partial charge on any atom is -0.311 e. The summed E-state index contributed by atoms with van der Waals surface area (Å²) in [6.45, 7) is 0. The normalized spacial score (nSPS) is 11.4. The summed E-state index contributed by atoms with van der Waals surface area (Å²) in [5, 5.41) is 7.56. The Morgan fingerprint density at radius 2 is 0.707 bits per heavy atom. The first-order chi connectivity index (χ1) is 28.7. The van der Waals surface area contributed by atoms with Gasteiger partial charge in [-0.25, -0.2) is 0 Å². The van der Waals surface area contributed by atoms with E-state index in [1.54, 1.807) is 0 Å². The van der Waals surface area contributed by atoms with E-state index >= 15 is 0 Å². The fraction of sp³-hybridized carbons (Fsp3) is 0. The zero-order valence-corrected chi connectivity index (χ0v) is 31.8. The predicted molar refractivity (Wildman–Crippen MR) is 247 cm³/mol. The summed E-state index contributed by atoms with van der Waals surface area (Å²) in [4.78, 5) is 2.35. The second kappa shape index (κ2) is 14.1. The summed E-state index contributed by atoms with van der Waals surface area (Å²) >= 11 is 0. The van der Waals surface area contributed by atoms with Crippen LogP contribution in [-0.4, -0.2) is 4.57 Å². The number of nitrogens with zero attached hydrogens (tertiary/aromatic N) is 2. The van der Waals surface area contributed by atoms with Gasteiger partial charge in [-0.1, -0.05) is 164 Å². The number of hydrogen-bond donors (Lipinski definition) is 0. The number of benzene rings is 10. The van der Waals surface area contributed by atoms with Crippen LogP contribution in [0.25, 0.3) is 82.4 Å². The third-order valence-electron chi connectivity index (χ3n) is 11.6. The first-order valence-electron chi connectivity index (χ1n) is 19.9. The number of hydrogen-bond acceptors (Lipinski definition) is 1. The Hall–Kier alpha value is -7.68. The molecule has 0 aliphatic heterocycles. The average Bonchev–Trinajstić information content (AvgIpc) is 3.64. The van der Waals surface area contributed by atoms with Crippen molar-refractivity contribution in [1.82, 2.24) is 4.57 Å². The minimum absolute atomic E-state index is 1.10. The van der Waals surface area contributed by atoms with Crippen molar-refractivity contribution in [1.29, 1.82) is 0 Å². The average molecular weight is 739 g/mol. The van der Waals surface area contributed by atoms with E-state index in [-0.39, 0.29) is 0 Å². The Morgan fingerprint density at radius 1 is 0.276 bits per heavy atom. The van der Waals surface area contributed by atoms with Crippen molar-refractivity contribution in [3.63, 3.8) is 0 Å². The van der Waals surface area contributed by atoms with Gasteiger partial charge in [0.05, 0.1) is 11.0 Å². The number of para-hydroxylation sites is 2. The van der Waals surface area contributed by atoms with Crippen molar-refractivity contribution in [2.24, 2.45) is 0 Å². The molecule has 2 heteroatoms. The highest BCUT2D eigenvalue weighted by molar-refractivity contribution is 6.09. The van der Waals surface area contributed by atoms with Crippen molar-refractivity contribution in [3.8, 4) is 39.1 Å². The van der Waals surface area contributed by atoms with Crippen LogP contribution >= 0.6 is 0 Å². The number of anilines is 3. The smallest absolute Gasteiger partial charge is 0.0541 e. The van der Waals surface area contributed by atoms with Crippen LogP contribution < -0.4 is 4.90 Å². The standard InChI is InChI=1S/C56H38N2/c1-2-12-45-38-46(21-20-39(45)10-1)42-26-32-48(33-27-42)57(49-36-28-44(29-37-49)52-17-9-13-43-11-3-4-14-51(43)52)47-30-22-40(23-31-47)41-24-34-50(35-25-41)58-55-18-7-5-15-53(55)54-16-6-8-19-56(54)58/h1-38H. The van der Waals surface area contributed by atoms with E-state index in [1.165, 1.54) is 76.7 Å². The SMILES string of the molecule is c1ccc2cc(-c3ccc(N(c4ccc(-c5ccc(-n6c7ccccc7c7ccccc76)cc5)cc4)c4ccc(-c5cccc6ccccc56)cc4)cc3)ccc2c1. The van der Waals surface area contributed by atoms with Crippen molar-refractivity contribution < 1.29 is 0 Å². The Kier molecular flexibility index (Phi) is 8.19. The summed E-state index contributed by atoms with van der Waals surface area (Å²) in [6, 6.07) is 83.6. The van der Waals surface area contributed by atoms with Gasteiger partial charge in [-0.3, -0.25) is 0 Å². The molecule has 0 radical (unpaired) electrons. The van der Waals surface area contributed by atoms with Gasteiger partial charge in [0.25, 0.3) is 0 Å². The molecule has 0 saturated carbocycles. The maximum absolute atomic E-state index is 2.37. The van der Waals surface area contributed by atoms with Crippen LogP contribution in [0, 0.1) is 0 Å². The van der Waals surface area contributed by atoms with Crippen LogP contribution in [0.3, 0.4) is 0 Å². The highest BCUT2D eigenvalue weighted by Gasteiger charge is 2.16. The second-order valence-electron chi connectivity index (χ2n) is 15.0. The molecule has 0 amide bonds. The fourth-order valence-electron chi connectivity index (χ4n) is 8.69. The quantitative estimate of drug-likeness (QED) is 0.158. The van der Waals surface area contributed by atoms with Crippen LogP contribution in [0.2, 0.25) is 0 Å². The van der Waals surface area contributed by atoms with Gasteiger partial charge in [-0.15, -0.1) is 0 Å². The van der Waals surface area contributed by atoms with Gasteiger partial charge in [-0.2, -0.15) is 0 Å². The van der Waals surface area contributed by atoms with E-state index in [1.807, 2.05) is 0 Å². The maximum atomic E-state index is 2.37. The molecule has 272 valence electrons. The van der Waals surface area contributed by atoms with Crippen LogP contribution in [0.15, 0.2) is 231 Å². The van der Waals surface area contributed by atoms with E-state index in [4.69, 9.17) is 0 Å². The molecule has 10 aromatic carbocycles. The van der Waals surface area contributed by atoms with Crippen molar-refractivity contribution >= 4 is 60.4 Å². The lowest BCUT2D eigenvalue weighted by Crippen LogP contribution is -2.09.